The van der Waals surface area contributed by atoms with Gasteiger partial charge in [-0.3, -0.25) is 14.9 Å². The van der Waals surface area contributed by atoms with E-state index in [4.69, 9.17) is 4.42 Å². The minimum Gasteiger partial charge on any atom is -0.422 e. The number of aromatic nitrogens is 1. The third kappa shape index (κ3) is 4.09. The molecule has 162 valence electrons. The van der Waals surface area contributed by atoms with Crippen molar-refractivity contribution in [2.45, 2.75) is 6.42 Å². The first-order valence-electron chi connectivity index (χ1n) is 9.94. The van der Waals surface area contributed by atoms with Crippen LogP contribution in [0.2, 0.25) is 0 Å². The number of nitrogens with zero attached hydrogens (tertiary/aromatic N) is 2. The van der Waals surface area contributed by atoms with E-state index in [2.05, 4.69) is 10.3 Å². The molecule has 8 nitrogen and oxygen atoms in total. The van der Waals surface area contributed by atoms with Crippen LogP contribution in [0.4, 0.5) is 11.4 Å². The molecule has 5 rings (SSSR count). The molecule has 0 saturated heterocycles. The minimum absolute atomic E-state index is 0.0308. The van der Waals surface area contributed by atoms with Gasteiger partial charge in [0.2, 0.25) is 0 Å². The largest absolute Gasteiger partial charge is 0.422 e. The zero-order chi connectivity index (χ0) is 22.9. The zero-order valence-corrected chi connectivity index (χ0v) is 17.8. The molecule has 0 saturated carbocycles. The maximum absolute atomic E-state index is 13.0. The fraction of sp³-hybridized carbons (Fsp3) is 0.0417. The first kappa shape index (κ1) is 20.5. The van der Waals surface area contributed by atoms with Gasteiger partial charge in [0.25, 0.3) is 11.6 Å². The van der Waals surface area contributed by atoms with E-state index in [1.54, 1.807) is 36.4 Å². The van der Waals surface area contributed by atoms with Crippen LogP contribution in [-0.2, 0) is 6.42 Å². The summed E-state index contributed by atoms with van der Waals surface area (Å²) < 4.78 is 6.13. The number of benzene rings is 3. The van der Waals surface area contributed by atoms with E-state index in [0.717, 1.165) is 15.3 Å². The molecule has 2 heterocycles. The Kier molecular flexibility index (Phi) is 5.15. The highest BCUT2D eigenvalue weighted by Gasteiger charge is 2.16. The summed E-state index contributed by atoms with van der Waals surface area (Å²) in [5.74, 6) is -0.421. The van der Waals surface area contributed by atoms with Gasteiger partial charge in [0.05, 0.1) is 25.9 Å². The molecule has 0 bridgehead atoms. The average molecular weight is 457 g/mol. The number of nitro groups is 1. The molecule has 0 radical (unpaired) electrons. The Balaban J connectivity index is 1.46. The van der Waals surface area contributed by atoms with Gasteiger partial charge in [0.1, 0.15) is 5.52 Å². The molecule has 33 heavy (non-hydrogen) atoms. The molecule has 1 amide bonds. The van der Waals surface area contributed by atoms with E-state index in [1.165, 1.54) is 29.5 Å². The van der Waals surface area contributed by atoms with Crippen molar-refractivity contribution >= 4 is 49.8 Å². The Morgan fingerprint density at radius 3 is 2.73 bits per heavy atom. The summed E-state index contributed by atoms with van der Waals surface area (Å²) in [5, 5.41) is 15.3. The number of thiazole rings is 1. The number of carbonyl (C=O) groups is 1. The molecule has 5 aromatic rings. The molecular weight excluding hydrogens is 442 g/mol. The summed E-state index contributed by atoms with van der Waals surface area (Å²) in [6.45, 7) is 0. The van der Waals surface area contributed by atoms with E-state index in [-0.39, 0.29) is 16.8 Å². The molecule has 9 heteroatoms. The fourth-order valence-electron chi connectivity index (χ4n) is 3.59. The van der Waals surface area contributed by atoms with Gasteiger partial charge >= 0.3 is 5.63 Å². The SMILES string of the molecule is O=C(Nc1cccc2sc(Cc3cccc([N+](=O)[O-])c3)nc12)c1cccc2ccc(=O)oc12. The number of nitro benzene ring substituents is 1. The Labute approximate surface area is 190 Å². The lowest BCUT2D eigenvalue weighted by Gasteiger charge is -2.07. The minimum atomic E-state index is -0.532. The summed E-state index contributed by atoms with van der Waals surface area (Å²) in [6.07, 6.45) is 0.433. The summed E-state index contributed by atoms with van der Waals surface area (Å²) in [6, 6.07) is 19.9. The van der Waals surface area contributed by atoms with Crippen LogP contribution in [0.25, 0.3) is 21.2 Å². The lowest BCUT2D eigenvalue weighted by Crippen LogP contribution is -2.13. The molecule has 0 unspecified atom stereocenters. The maximum Gasteiger partial charge on any atom is 0.336 e. The van der Waals surface area contributed by atoms with E-state index in [9.17, 15) is 19.7 Å². The Bertz CT molecular complexity index is 1610. The summed E-state index contributed by atoms with van der Waals surface area (Å²) >= 11 is 1.46. The molecule has 0 aliphatic rings. The smallest absolute Gasteiger partial charge is 0.336 e. The highest BCUT2D eigenvalue weighted by molar-refractivity contribution is 7.18. The summed E-state index contributed by atoms with van der Waals surface area (Å²) in [5.41, 5.74) is 1.89. The third-order valence-electron chi connectivity index (χ3n) is 5.08. The van der Waals surface area contributed by atoms with E-state index in [0.29, 0.717) is 23.0 Å². The standard InChI is InChI=1S/C24H15N3O5S/c28-21-11-10-15-5-2-7-17(23(15)32-21)24(29)25-18-8-3-9-19-22(18)26-20(33-19)13-14-4-1-6-16(12-14)27(30)31/h1-12H,13H2,(H,25,29). The molecule has 1 N–H and O–H groups in total. The third-order valence-corrected chi connectivity index (χ3v) is 6.10. The Morgan fingerprint density at radius 1 is 1.06 bits per heavy atom. The monoisotopic (exact) mass is 457 g/mol. The van der Waals surface area contributed by atoms with Gasteiger partial charge in [0.15, 0.2) is 5.58 Å². The van der Waals surface area contributed by atoms with E-state index >= 15 is 0 Å². The lowest BCUT2D eigenvalue weighted by molar-refractivity contribution is -0.384. The summed E-state index contributed by atoms with van der Waals surface area (Å²) in [7, 11) is 0. The number of non-ortho nitro benzene ring substituents is 1. The van der Waals surface area contributed by atoms with Crippen LogP contribution in [-0.4, -0.2) is 15.8 Å². The lowest BCUT2D eigenvalue weighted by atomic mass is 10.1. The molecular formula is C24H15N3O5S. The number of rotatable bonds is 5. The van der Waals surface area contributed by atoms with Crippen LogP contribution in [0, 0.1) is 10.1 Å². The Hall–Kier alpha value is -4.37. The second kappa shape index (κ2) is 8.29. The van der Waals surface area contributed by atoms with Crippen molar-refractivity contribution in [3.05, 3.63) is 109 Å². The molecule has 0 atom stereocenters. The Morgan fingerprint density at radius 2 is 1.88 bits per heavy atom. The highest BCUT2D eigenvalue weighted by Crippen LogP contribution is 2.30. The zero-order valence-electron chi connectivity index (χ0n) is 17.0. The number of para-hydroxylation sites is 2. The highest BCUT2D eigenvalue weighted by atomic mass is 32.1. The molecule has 2 aromatic heterocycles. The number of anilines is 1. The second-order valence-corrected chi connectivity index (χ2v) is 8.41. The van der Waals surface area contributed by atoms with Gasteiger partial charge < -0.3 is 9.73 Å². The van der Waals surface area contributed by atoms with Gasteiger partial charge in [-0.15, -0.1) is 11.3 Å². The van der Waals surface area contributed by atoms with Crippen molar-refractivity contribution < 1.29 is 14.1 Å². The van der Waals surface area contributed by atoms with Crippen LogP contribution >= 0.6 is 11.3 Å². The summed E-state index contributed by atoms with van der Waals surface area (Å²) in [4.78, 5) is 40.0. The van der Waals surface area contributed by atoms with Crippen LogP contribution in [0.1, 0.15) is 20.9 Å². The van der Waals surface area contributed by atoms with Gasteiger partial charge in [-0.25, -0.2) is 9.78 Å². The number of hydrogen-bond donors (Lipinski definition) is 1. The number of carbonyl (C=O) groups excluding carboxylic acids is 1. The topological polar surface area (TPSA) is 115 Å². The van der Waals surface area contributed by atoms with Gasteiger partial charge in [0, 0.05) is 30.0 Å². The fourth-order valence-corrected chi connectivity index (χ4v) is 4.61. The van der Waals surface area contributed by atoms with Gasteiger partial charge in [-0.05, 0) is 29.8 Å². The second-order valence-electron chi connectivity index (χ2n) is 7.30. The first-order chi connectivity index (χ1) is 16.0. The van der Waals surface area contributed by atoms with Crippen molar-refractivity contribution in [2.24, 2.45) is 0 Å². The van der Waals surface area contributed by atoms with Crippen molar-refractivity contribution in [3.63, 3.8) is 0 Å². The van der Waals surface area contributed by atoms with E-state index < -0.39 is 16.5 Å². The number of amides is 1. The van der Waals surface area contributed by atoms with Crippen molar-refractivity contribution in [1.82, 2.24) is 4.98 Å². The van der Waals surface area contributed by atoms with E-state index in [1.807, 2.05) is 18.2 Å². The number of fused-ring (bicyclic) bond motifs is 2. The predicted molar refractivity (Wildman–Crippen MR) is 126 cm³/mol. The average Bonchev–Trinajstić information content (AvgIpc) is 3.22. The normalized spacial score (nSPS) is 11.0. The maximum atomic E-state index is 13.0. The van der Waals surface area contributed by atoms with Crippen molar-refractivity contribution in [1.29, 1.82) is 0 Å². The van der Waals surface area contributed by atoms with Crippen LogP contribution in [0.5, 0.6) is 0 Å². The van der Waals surface area contributed by atoms with Crippen LogP contribution in [0.3, 0.4) is 0 Å². The first-order valence-corrected chi connectivity index (χ1v) is 10.8. The molecule has 3 aromatic carbocycles. The molecule has 0 aliphatic carbocycles. The number of hydrogen-bond acceptors (Lipinski definition) is 7. The van der Waals surface area contributed by atoms with Gasteiger partial charge in [-0.1, -0.05) is 30.3 Å². The van der Waals surface area contributed by atoms with Crippen LogP contribution in [0.15, 0.2) is 82.0 Å². The quantitative estimate of drug-likeness (QED) is 0.222. The van der Waals surface area contributed by atoms with Crippen molar-refractivity contribution in [2.75, 3.05) is 5.32 Å². The molecule has 0 aliphatic heterocycles. The predicted octanol–water partition coefficient (Wildman–Crippen LogP) is 5.15. The molecule has 0 spiro atoms. The van der Waals surface area contributed by atoms with Gasteiger partial charge in [-0.2, -0.15) is 0 Å². The van der Waals surface area contributed by atoms with Crippen molar-refractivity contribution in [3.8, 4) is 0 Å². The van der Waals surface area contributed by atoms with Crippen LogP contribution < -0.4 is 10.9 Å². The molecule has 0 fully saturated rings. The number of nitrogens with one attached hydrogen (secondary N) is 1.